The van der Waals surface area contributed by atoms with Crippen molar-refractivity contribution in [1.29, 1.82) is 0 Å². The van der Waals surface area contributed by atoms with Crippen molar-refractivity contribution in [3.05, 3.63) is 12.7 Å². The van der Waals surface area contributed by atoms with Crippen LogP contribution in [0.4, 0.5) is 4.79 Å². The van der Waals surface area contributed by atoms with Gasteiger partial charge in [0.15, 0.2) is 0 Å². The molecular weight excluding hydrogens is 580 g/mol. The third kappa shape index (κ3) is 10.3. The molecule has 0 radical (unpaired) electrons. The number of alkyl carbamates (subject to hydrolysis) is 1. The number of nitrogens with one attached hydrogen (secondary N) is 3. The van der Waals surface area contributed by atoms with Gasteiger partial charge in [-0.1, -0.05) is 40.7 Å². The summed E-state index contributed by atoms with van der Waals surface area (Å²) in [5, 5.41) is 7.88. The molecule has 1 heterocycles. The van der Waals surface area contributed by atoms with E-state index >= 15 is 0 Å². The van der Waals surface area contributed by atoms with Gasteiger partial charge in [-0.15, -0.1) is 6.58 Å². The molecule has 4 amide bonds. The quantitative estimate of drug-likeness (QED) is 0.168. The number of hydrogen-bond acceptors (Lipinski definition) is 8. The minimum absolute atomic E-state index is 0.0535. The zero-order valence-corrected chi connectivity index (χ0v) is 28.9. The van der Waals surface area contributed by atoms with Gasteiger partial charge in [-0.05, 0) is 77.0 Å². The van der Waals surface area contributed by atoms with Crippen molar-refractivity contribution < 1.29 is 38.2 Å². The molecule has 45 heavy (non-hydrogen) atoms. The Hall–Kier alpha value is -3.44. The number of piperidine rings is 1. The number of nitrogens with zero attached hydrogens (tertiary/aromatic N) is 1. The van der Waals surface area contributed by atoms with Crippen LogP contribution in [0.15, 0.2) is 12.7 Å². The smallest absolute Gasteiger partial charge is 0.408 e. The van der Waals surface area contributed by atoms with Gasteiger partial charge in [0.25, 0.3) is 5.91 Å². The van der Waals surface area contributed by atoms with Gasteiger partial charge in [0, 0.05) is 13.1 Å². The summed E-state index contributed by atoms with van der Waals surface area (Å²) in [6, 6.07) is -3.07. The number of likely N-dealkylation sites (tertiary alicyclic amines) is 1. The molecule has 12 nitrogen and oxygen atoms in total. The van der Waals surface area contributed by atoms with E-state index in [4.69, 9.17) is 9.47 Å². The number of ether oxygens (including phenoxy) is 2. The summed E-state index contributed by atoms with van der Waals surface area (Å²) in [5.74, 6) is -3.41. The summed E-state index contributed by atoms with van der Waals surface area (Å²) in [5.41, 5.74) is -2.38. The SMILES string of the molecule is C=CCCC(NC(=O)C1[C@@H]2[C@H](CN1C(=O)C(NC(=O)OC(C)(C)C)C(C)(C)C)C2(C)C)C(=O)C(=O)NCCC(=O)OC(C)(C)C. The van der Waals surface area contributed by atoms with Crippen LogP contribution in [0.3, 0.4) is 0 Å². The van der Waals surface area contributed by atoms with Gasteiger partial charge in [-0.3, -0.25) is 24.0 Å². The van der Waals surface area contributed by atoms with Crippen molar-refractivity contribution in [2.45, 2.75) is 125 Å². The van der Waals surface area contributed by atoms with Crippen LogP contribution in [-0.2, 0) is 33.4 Å². The predicted octanol–water partition coefficient (Wildman–Crippen LogP) is 3.28. The largest absolute Gasteiger partial charge is 0.460 e. The van der Waals surface area contributed by atoms with E-state index in [9.17, 15) is 28.8 Å². The van der Waals surface area contributed by atoms with Crippen molar-refractivity contribution in [2.24, 2.45) is 22.7 Å². The average molecular weight is 635 g/mol. The molecular formula is C33H54N4O8. The molecule has 1 saturated carbocycles. The second-order valence-corrected chi connectivity index (χ2v) is 15.7. The first kappa shape index (κ1) is 37.7. The minimum Gasteiger partial charge on any atom is -0.460 e. The molecule has 0 aromatic rings. The number of Topliss-reactive ketones (excluding diaryl/α,β-unsaturated/α-hetero) is 1. The van der Waals surface area contributed by atoms with Gasteiger partial charge >= 0.3 is 12.1 Å². The lowest BCUT2D eigenvalue weighted by Crippen LogP contribution is -2.60. The predicted molar refractivity (Wildman–Crippen MR) is 169 cm³/mol. The molecule has 0 spiro atoms. The topological polar surface area (TPSA) is 160 Å². The zero-order valence-electron chi connectivity index (χ0n) is 28.9. The van der Waals surface area contributed by atoms with Crippen LogP contribution < -0.4 is 16.0 Å². The van der Waals surface area contributed by atoms with E-state index in [1.54, 1.807) is 47.6 Å². The summed E-state index contributed by atoms with van der Waals surface area (Å²) >= 11 is 0. The normalized spacial score (nSPS) is 21.8. The van der Waals surface area contributed by atoms with Crippen LogP contribution in [0.5, 0.6) is 0 Å². The van der Waals surface area contributed by atoms with Crippen LogP contribution in [0.2, 0.25) is 0 Å². The first-order valence-electron chi connectivity index (χ1n) is 15.7. The number of carbonyl (C=O) groups excluding carboxylic acids is 6. The summed E-state index contributed by atoms with van der Waals surface area (Å²) < 4.78 is 10.6. The average Bonchev–Trinajstić information content (AvgIpc) is 3.19. The lowest BCUT2D eigenvalue weighted by molar-refractivity contribution is -0.154. The van der Waals surface area contributed by atoms with Crippen molar-refractivity contribution in [1.82, 2.24) is 20.9 Å². The lowest BCUT2D eigenvalue weighted by Gasteiger charge is -2.38. The van der Waals surface area contributed by atoms with E-state index in [0.29, 0.717) is 13.0 Å². The monoisotopic (exact) mass is 634 g/mol. The number of hydrogen-bond donors (Lipinski definition) is 3. The van der Waals surface area contributed by atoms with E-state index in [1.807, 2.05) is 34.6 Å². The number of esters is 1. The number of allylic oxidation sites excluding steroid dienone is 1. The van der Waals surface area contributed by atoms with E-state index in [-0.39, 0.29) is 36.6 Å². The third-order valence-corrected chi connectivity index (χ3v) is 8.09. The Balaban J connectivity index is 2.23. The van der Waals surface area contributed by atoms with Crippen molar-refractivity contribution >= 4 is 35.6 Å². The number of amides is 4. The summed E-state index contributed by atoms with van der Waals surface area (Å²) in [7, 11) is 0. The highest BCUT2D eigenvalue weighted by Crippen LogP contribution is 2.65. The van der Waals surface area contributed by atoms with E-state index < -0.39 is 70.3 Å². The number of ketones is 1. The Morgan fingerprint density at radius 1 is 0.933 bits per heavy atom. The third-order valence-electron chi connectivity index (χ3n) is 8.09. The summed E-state index contributed by atoms with van der Waals surface area (Å²) in [6.45, 7) is 23.7. The number of carbonyl (C=O) groups is 6. The van der Waals surface area contributed by atoms with Gasteiger partial charge in [-0.2, -0.15) is 0 Å². The van der Waals surface area contributed by atoms with Crippen molar-refractivity contribution in [3.63, 3.8) is 0 Å². The minimum atomic E-state index is -1.17. The Morgan fingerprint density at radius 2 is 1.51 bits per heavy atom. The Bertz CT molecular complexity index is 1170. The van der Waals surface area contributed by atoms with Gasteiger partial charge in [0.05, 0.1) is 12.5 Å². The Morgan fingerprint density at radius 3 is 2.02 bits per heavy atom. The molecule has 3 unspecified atom stereocenters. The maximum atomic E-state index is 14.0. The maximum absolute atomic E-state index is 14.0. The van der Waals surface area contributed by atoms with Gasteiger partial charge in [-0.25, -0.2) is 4.79 Å². The highest BCUT2D eigenvalue weighted by atomic mass is 16.6. The fraction of sp³-hybridized carbons (Fsp3) is 0.758. The Kier molecular flexibility index (Phi) is 11.7. The van der Waals surface area contributed by atoms with Gasteiger partial charge in [0.1, 0.15) is 23.3 Å². The first-order chi connectivity index (χ1) is 20.4. The maximum Gasteiger partial charge on any atom is 0.408 e. The molecule has 2 aliphatic rings. The summed E-state index contributed by atoms with van der Waals surface area (Å²) in [6.07, 6.45) is 1.18. The molecule has 0 aromatic carbocycles. The van der Waals surface area contributed by atoms with Crippen LogP contribution in [0, 0.1) is 22.7 Å². The number of rotatable bonds is 12. The van der Waals surface area contributed by atoms with Crippen LogP contribution in [0.1, 0.15) is 95.4 Å². The van der Waals surface area contributed by atoms with Crippen LogP contribution in [-0.4, -0.2) is 82.9 Å². The highest BCUT2D eigenvalue weighted by Gasteiger charge is 2.70. The van der Waals surface area contributed by atoms with Crippen molar-refractivity contribution in [2.75, 3.05) is 13.1 Å². The van der Waals surface area contributed by atoms with Crippen LogP contribution >= 0.6 is 0 Å². The second kappa shape index (κ2) is 13.9. The standard InChI is InChI=1S/C33H54N4O8/c1-13-14-15-20(24(39)27(41)34-17-16-21(38)44-31(5,6)7)35-26(40)23-22-19(33(22,11)12)18-37(23)28(42)25(30(2,3)4)36-29(43)45-32(8,9)10/h13,19-20,22-23,25H,1,14-18H2,2-12H3,(H,34,41)(H,35,40)(H,36,43)/t19-,20?,22-,23?,25?/m0/s1. The first-order valence-corrected chi connectivity index (χ1v) is 15.7. The number of fused-ring (bicyclic) bond motifs is 1. The molecule has 3 N–H and O–H groups in total. The molecule has 1 saturated heterocycles. The molecule has 254 valence electrons. The molecule has 0 aromatic heterocycles. The van der Waals surface area contributed by atoms with E-state index in [1.165, 1.54) is 4.90 Å². The molecule has 1 aliphatic heterocycles. The molecule has 12 heteroatoms. The van der Waals surface area contributed by atoms with E-state index in [0.717, 1.165) is 0 Å². The fourth-order valence-corrected chi connectivity index (χ4v) is 5.78. The Labute approximate surface area is 267 Å². The fourth-order valence-electron chi connectivity index (χ4n) is 5.78. The van der Waals surface area contributed by atoms with Crippen molar-refractivity contribution in [3.8, 4) is 0 Å². The highest BCUT2D eigenvalue weighted by molar-refractivity contribution is 6.38. The second-order valence-electron chi connectivity index (χ2n) is 15.7. The molecule has 2 fully saturated rings. The van der Waals surface area contributed by atoms with E-state index in [2.05, 4.69) is 22.5 Å². The zero-order chi connectivity index (χ0) is 34.7. The summed E-state index contributed by atoms with van der Waals surface area (Å²) in [4.78, 5) is 80.1. The lowest BCUT2D eigenvalue weighted by atomic mass is 9.85. The molecule has 5 atom stereocenters. The molecule has 0 bridgehead atoms. The molecule has 2 rings (SSSR count). The van der Waals surface area contributed by atoms with Gasteiger partial charge < -0.3 is 30.3 Å². The van der Waals surface area contributed by atoms with Gasteiger partial charge in [0.2, 0.25) is 17.6 Å². The molecule has 1 aliphatic carbocycles. The van der Waals surface area contributed by atoms with Crippen LogP contribution in [0.25, 0.3) is 0 Å².